The molecule has 0 bridgehead atoms. The molecule has 5 N–H and O–H groups in total. The number of aromatic nitrogens is 2. The first-order chi connectivity index (χ1) is 6.96. The summed E-state index contributed by atoms with van der Waals surface area (Å²) in [5.41, 5.74) is 5.62. The molecule has 84 valence electrons. The Bertz CT molecular complexity index is 346. The van der Waals surface area contributed by atoms with Crippen molar-refractivity contribution >= 4 is 11.6 Å². The third-order valence-electron chi connectivity index (χ3n) is 2.08. The van der Waals surface area contributed by atoms with Crippen LogP contribution in [0, 0.1) is 0 Å². The van der Waals surface area contributed by atoms with Crippen LogP contribution in [0.3, 0.4) is 0 Å². The van der Waals surface area contributed by atoms with Gasteiger partial charge in [-0.05, 0) is 20.3 Å². The van der Waals surface area contributed by atoms with Crippen molar-refractivity contribution in [2.75, 3.05) is 12.3 Å². The first kappa shape index (κ1) is 11.5. The van der Waals surface area contributed by atoms with Crippen molar-refractivity contribution < 1.29 is 9.90 Å². The van der Waals surface area contributed by atoms with Crippen LogP contribution >= 0.6 is 0 Å². The third kappa shape index (κ3) is 2.95. The monoisotopic (exact) mass is 212 g/mol. The summed E-state index contributed by atoms with van der Waals surface area (Å²) in [5.74, 6) is -0.316. The lowest BCUT2D eigenvalue weighted by molar-refractivity contribution is 0.0895. The molecule has 0 aromatic carbocycles. The molecule has 6 heteroatoms. The van der Waals surface area contributed by atoms with Crippen molar-refractivity contribution in [2.45, 2.75) is 25.8 Å². The number of H-pyrrole nitrogens is 1. The molecular formula is C9H16N4O2. The van der Waals surface area contributed by atoms with E-state index in [0.717, 1.165) is 0 Å². The Kier molecular flexibility index (Phi) is 3.31. The molecule has 0 radical (unpaired) electrons. The van der Waals surface area contributed by atoms with E-state index in [1.54, 1.807) is 0 Å². The highest BCUT2D eigenvalue weighted by Gasteiger charge is 2.22. The normalized spacial score (nSPS) is 11.4. The van der Waals surface area contributed by atoms with Gasteiger partial charge in [0.15, 0.2) is 0 Å². The van der Waals surface area contributed by atoms with Gasteiger partial charge in [-0.2, -0.15) is 5.10 Å². The number of aliphatic hydroxyl groups excluding tert-OH is 1. The average molecular weight is 212 g/mol. The zero-order chi connectivity index (χ0) is 11.5. The lowest BCUT2D eigenvalue weighted by atomic mass is 10.0. The molecule has 0 fully saturated rings. The van der Waals surface area contributed by atoms with Gasteiger partial charge in [0, 0.05) is 12.1 Å². The Morgan fingerprint density at radius 3 is 2.87 bits per heavy atom. The van der Waals surface area contributed by atoms with Crippen LogP contribution in [0.15, 0.2) is 6.20 Å². The second-order valence-corrected chi connectivity index (χ2v) is 4.01. The molecule has 0 unspecified atom stereocenters. The molecule has 0 spiro atoms. The van der Waals surface area contributed by atoms with Gasteiger partial charge in [0.25, 0.3) is 5.91 Å². The van der Waals surface area contributed by atoms with E-state index in [1.807, 2.05) is 13.8 Å². The number of nitrogens with two attached hydrogens (primary N) is 1. The molecule has 1 amide bonds. The highest BCUT2D eigenvalue weighted by molar-refractivity contribution is 5.97. The Morgan fingerprint density at radius 2 is 2.40 bits per heavy atom. The number of nitrogen functional groups attached to an aromatic ring is 1. The molecule has 0 aliphatic rings. The van der Waals surface area contributed by atoms with E-state index < -0.39 is 5.54 Å². The van der Waals surface area contributed by atoms with Gasteiger partial charge in [0.05, 0.1) is 11.9 Å². The molecule has 0 saturated carbocycles. The summed E-state index contributed by atoms with van der Waals surface area (Å²) >= 11 is 0. The molecule has 1 rings (SSSR count). The summed E-state index contributed by atoms with van der Waals surface area (Å²) in [6.07, 6.45) is 1.86. The lowest BCUT2D eigenvalue weighted by Gasteiger charge is -2.24. The van der Waals surface area contributed by atoms with Crippen molar-refractivity contribution in [3.05, 3.63) is 11.9 Å². The minimum Gasteiger partial charge on any atom is -0.396 e. The van der Waals surface area contributed by atoms with Crippen molar-refractivity contribution in [2.24, 2.45) is 0 Å². The van der Waals surface area contributed by atoms with Crippen molar-refractivity contribution in [1.29, 1.82) is 0 Å². The third-order valence-corrected chi connectivity index (χ3v) is 2.08. The van der Waals surface area contributed by atoms with Crippen molar-refractivity contribution in [3.8, 4) is 0 Å². The fourth-order valence-electron chi connectivity index (χ4n) is 1.19. The molecule has 6 nitrogen and oxygen atoms in total. The number of anilines is 1. The maximum atomic E-state index is 11.7. The second kappa shape index (κ2) is 4.31. The number of nitrogens with one attached hydrogen (secondary N) is 2. The van der Waals surface area contributed by atoms with E-state index in [2.05, 4.69) is 15.5 Å². The van der Waals surface area contributed by atoms with Gasteiger partial charge in [-0.3, -0.25) is 9.89 Å². The largest absolute Gasteiger partial charge is 0.396 e. The smallest absolute Gasteiger partial charge is 0.271 e. The van der Waals surface area contributed by atoms with Gasteiger partial charge in [-0.25, -0.2) is 0 Å². The lowest BCUT2D eigenvalue weighted by Crippen LogP contribution is -2.44. The van der Waals surface area contributed by atoms with Crippen molar-refractivity contribution in [1.82, 2.24) is 15.5 Å². The molecule has 0 saturated heterocycles. The van der Waals surface area contributed by atoms with Gasteiger partial charge in [-0.1, -0.05) is 0 Å². The fraction of sp³-hybridized carbons (Fsp3) is 0.556. The number of carbonyl (C=O) groups is 1. The zero-order valence-corrected chi connectivity index (χ0v) is 8.87. The summed E-state index contributed by atoms with van der Waals surface area (Å²) in [4.78, 5) is 11.7. The van der Waals surface area contributed by atoms with Crippen LogP contribution < -0.4 is 11.1 Å². The number of aromatic amines is 1. The second-order valence-electron chi connectivity index (χ2n) is 4.01. The van der Waals surface area contributed by atoms with E-state index in [4.69, 9.17) is 10.8 Å². The standard InChI is InChI=1S/C9H16N4O2/c1-9(2,3-4-14)12-8(15)7-6(10)5-11-13-7/h5,14H,3-4,10H2,1-2H3,(H,11,13)(H,12,15). The van der Waals surface area contributed by atoms with Crippen molar-refractivity contribution in [3.63, 3.8) is 0 Å². The summed E-state index contributed by atoms with van der Waals surface area (Å²) in [7, 11) is 0. The summed E-state index contributed by atoms with van der Waals surface area (Å²) in [5, 5.41) is 17.7. The number of aliphatic hydroxyl groups is 1. The zero-order valence-electron chi connectivity index (χ0n) is 8.87. The summed E-state index contributed by atoms with van der Waals surface area (Å²) < 4.78 is 0. The van der Waals surface area contributed by atoms with Crippen LogP contribution in [0.4, 0.5) is 5.69 Å². The van der Waals surface area contributed by atoms with Crippen LogP contribution in [0.25, 0.3) is 0 Å². The predicted molar refractivity (Wildman–Crippen MR) is 56.2 cm³/mol. The molecule has 1 heterocycles. The van der Waals surface area contributed by atoms with E-state index in [9.17, 15) is 4.79 Å². The van der Waals surface area contributed by atoms with E-state index in [-0.39, 0.29) is 18.2 Å². The fourth-order valence-corrected chi connectivity index (χ4v) is 1.19. The quantitative estimate of drug-likeness (QED) is 0.558. The number of hydrogen-bond acceptors (Lipinski definition) is 4. The molecular weight excluding hydrogens is 196 g/mol. The first-order valence-electron chi connectivity index (χ1n) is 4.68. The van der Waals surface area contributed by atoms with E-state index in [0.29, 0.717) is 12.1 Å². The van der Waals surface area contributed by atoms with E-state index >= 15 is 0 Å². The van der Waals surface area contributed by atoms with Gasteiger partial charge in [0.2, 0.25) is 0 Å². The van der Waals surface area contributed by atoms with Crippen LogP contribution in [0.2, 0.25) is 0 Å². The summed E-state index contributed by atoms with van der Waals surface area (Å²) in [6, 6.07) is 0. The Morgan fingerprint density at radius 1 is 1.73 bits per heavy atom. The number of hydrogen-bond donors (Lipinski definition) is 4. The van der Waals surface area contributed by atoms with Crippen LogP contribution in [-0.2, 0) is 0 Å². The van der Waals surface area contributed by atoms with Crippen LogP contribution in [0.1, 0.15) is 30.8 Å². The molecule has 1 aromatic heterocycles. The van der Waals surface area contributed by atoms with Gasteiger partial charge in [0.1, 0.15) is 5.69 Å². The van der Waals surface area contributed by atoms with E-state index in [1.165, 1.54) is 6.20 Å². The minimum absolute atomic E-state index is 0.0196. The summed E-state index contributed by atoms with van der Waals surface area (Å²) in [6.45, 7) is 3.67. The van der Waals surface area contributed by atoms with Gasteiger partial charge in [-0.15, -0.1) is 0 Å². The SMILES string of the molecule is CC(C)(CCO)NC(=O)c1[nH]ncc1N. The minimum atomic E-state index is -0.469. The number of carbonyl (C=O) groups excluding carboxylic acids is 1. The number of rotatable bonds is 4. The maximum Gasteiger partial charge on any atom is 0.271 e. The molecule has 0 atom stereocenters. The number of amides is 1. The Hall–Kier alpha value is -1.56. The molecule has 15 heavy (non-hydrogen) atoms. The maximum absolute atomic E-state index is 11.7. The first-order valence-corrected chi connectivity index (χ1v) is 4.68. The topological polar surface area (TPSA) is 104 Å². The van der Waals surface area contributed by atoms with Crippen LogP contribution in [0.5, 0.6) is 0 Å². The highest BCUT2D eigenvalue weighted by atomic mass is 16.3. The predicted octanol–water partition coefficient (Wildman–Crippen LogP) is -0.117. The average Bonchev–Trinajstić information content (AvgIpc) is 2.50. The highest BCUT2D eigenvalue weighted by Crippen LogP contribution is 2.11. The Balaban J connectivity index is 2.68. The molecule has 0 aliphatic carbocycles. The van der Waals surface area contributed by atoms with Gasteiger partial charge < -0.3 is 16.2 Å². The van der Waals surface area contributed by atoms with Gasteiger partial charge >= 0.3 is 0 Å². The number of nitrogens with zero attached hydrogens (tertiary/aromatic N) is 1. The molecule has 0 aliphatic heterocycles. The Labute approximate surface area is 87.9 Å². The van der Waals surface area contributed by atoms with Crippen LogP contribution in [-0.4, -0.2) is 33.4 Å². The molecule has 1 aromatic rings.